The highest BCUT2D eigenvalue weighted by Crippen LogP contribution is 2.04. The highest BCUT2D eigenvalue weighted by molar-refractivity contribution is 5.96. The highest BCUT2D eigenvalue weighted by Gasteiger charge is 2.14. The third-order valence-electron chi connectivity index (χ3n) is 3.03. The van der Waals surface area contributed by atoms with Crippen molar-refractivity contribution in [1.82, 2.24) is 10.6 Å². The van der Waals surface area contributed by atoms with Crippen LogP contribution in [-0.4, -0.2) is 36.1 Å². The van der Waals surface area contributed by atoms with Gasteiger partial charge in [-0.3, -0.25) is 9.59 Å². The molecule has 1 unspecified atom stereocenters. The molecule has 1 atom stereocenters. The van der Waals surface area contributed by atoms with E-state index >= 15 is 0 Å². The second-order valence-corrected chi connectivity index (χ2v) is 5.63. The van der Waals surface area contributed by atoms with E-state index in [-0.39, 0.29) is 31.0 Å². The molecule has 5 nitrogen and oxygen atoms in total. The van der Waals surface area contributed by atoms with E-state index in [1.165, 1.54) is 0 Å². The second-order valence-electron chi connectivity index (χ2n) is 5.63. The number of benzene rings is 1. The van der Waals surface area contributed by atoms with Crippen LogP contribution in [0.25, 0.3) is 0 Å². The summed E-state index contributed by atoms with van der Waals surface area (Å²) in [4.78, 5) is 23.7. The molecule has 1 aromatic carbocycles. The number of aryl methyl sites for hydroxylation is 1. The second kappa shape index (κ2) is 8.42. The standard InChI is InChI=1S/C16H24N2O3/c1-11(2)7-14(10-19)18-15(20)9-17-16(21)13-6-4-5-12(3)8-13/h4-6,8,11,14,19H,7,9-10H2,1-3H3,(H,17,21)(H,18,20). The largest absolute Gasteiger partial charge is 0.394 e. The number of aliphatic hydroxyl groups is 1. The van der Waals surface area contributed by atoms with Crippen LogP contribution in [0.1, 0.15) is 36.2 Å². The van der Waals surface area contributed by atoms with E-state index in [1.54, 1.807) is 18.2 Å². The van der Waals surface area contributed by atoms with Crippen molar-refractivity contribution < 1.29 is 14.7 Å². The van der Waals surface area contributed by atoms with Crippen molar-refractivity contribution >= 4 is 11.8 Å². The van der Waals surface area contributed by atoms with Crippen LogP contribution in [0.4, 0.5) is 0 Å². The third-order valence-corrected chi connectivity index (χ3v) is 3.03. The number of aliphatic hydroxyl groups excluding tert-OH is 1. The van der Waals surface area contributed by atoms with Gasteiger partial charge in [-0.05, 0) is 31.4 Å². The van der Waals surface area contributed by atoms with E-state index in [1.807, 2.05) is 26.8 Å². The number of carbonyl (C=O) groups is 2. The number of amides is 2. The first-order valence-corrected chi connectivity index (χ1v) is 7.17. The van der Waals surface area contributed by atoms with Crippen LogP contribution in [0.3, 0.4) is 0 Å². The van der Waals surface area contributed by atoms with Crippen molar-refractivity contribution in [1.29, 1.82) is 0 Å². The molecule has 21 heavy (non-hydrogen) atoms. The molecule has 0 heterocycles. The zero-order chi connectivity index (χ0) is 15.8. The Balaban J connectivity index is 2.43. The van der Waals surface area contributed by atoms with Crippen molar-refractivity contribution in [3.05, 3.63) is 35.4 Å². The van der Waals surface area contributed by atoms with Gasteiger partial charge >= 0.3 is 0 Å². The zero-order valence-electron chi connectivity index (χ0n) is 12.8. The normalized spacial score (nSPS) is 12.0. The Kier molecular flexibility index (Phi) is 6.88. The predicted octanol–water partition coefficient (Wildman–Crippen LogP) is 1.25. The van der Waals surface area contributed by atoms with Crippen LogP contribution in [0.2, 0.25) is 0 Å². The first-order chi connectivity index (χ1) is 9.92. The van der Waals surface area contributed by atoms with Gasteiger partial charge in [-0.15, -0.1) is 0 Å². The van der Waals surface area contributed by atoms with Gasteiger partial charge in [-0.1, -0.05) is 31.5 Å². The Labute approximate surface area is 125 Å². The summed E-state index contributed by atoms with van der Waals surface area (Å²) in [6, 6.07) is 6.90. The fourth-order valence-electron chi connectivity index (χ4n) is 2.08. The lowest BCUT2D eigenvalue weighted by Crippen LogP contribution is -2.44. The van der Waals surface area contributed by atoms with Gasteiger partial charge in [0.2, 0.25) is 5.91 Å². The van der Waals surface area contributed by atoms with E-state index in [9.17, 15) is 14.7 Å². The first-order valence-electron chi connectivity index (χ1n) is 7.17. The number of carbonyl (C=O) groups excluding carboxylic acids is 2. The summed E-state index contributed by atoms with van der Waals surface area (Å²) in [6.07, 6.45) is 0.702. The van der Waals surface area contributed by atoms with E-state index in [2.05, 4.69) is 10.6 Å². The van der Waals surface area contributed by atoms with Crippen molar-refractivity contribution in [3.63, 3.8) is 0 Å². The molecule has 5 heteroatoms. The van der Waals surface area contributed by atoms with Gasteiger partial charge < -0.3 is 15.7 Å². The van der Waals surface area contributed by atoms with Gasteiger partial charge in [0.15, 0.2) is 0 Å². The average molecular weight is 292 g/mol. The maximum Gasteiger partial charge on any atom is 0.251 e. The molecule has 0 aliphatic rings. The monoisotopic (exact) mass is 292 g/mol. The van der Waals surface area contributed by atoms with E-state index in [0.717, 1.165) is 5.56 Å². The molecule has 2 amide bonds. The van der Waals surface area contributed by atoms with Crippen molar-refractivity contribution in [3.8, 4) is 0 Å². The van der Waals surface area contributed by atoms with Gasteiger partial charge in [-0.25, -0.2) is 0 Å². The van der Waals surface area contributed by atoms with Gasteiger partial charge in [0, 0.05) is 5.56 Å². The minimum absolute atomic E-state index is 0.0959. The number of hydrogen-bond acceptors (Lipinski definition) is 3. The molecule has 0 saturated carbocycles. The van der Waals surface area contributed by atoms with Crippen molar-refractivity contribution in [2.45, 2.75) is 33.2 Å². The predicted molar refractivity (Wildman–Crippen MR) is 82.0 cm³/mol. The van der Waals surface area contributed by atoms with Crippen LogP contribution in [0.15, 0.2) is 24.3 Å². The van der Waals surface area contributed by atoms with Crippen LogP contribution in [0.5, 0.6) is 0 Å². The molecular weight excluding hydrogens is 268 g/mol. The van der Waals surface area contributed by atoms with E-state index in [0.29, 0.717) is 17.9 Å². The molecule has 0 bridgehead atoms. The van der Waals surface area contributed by atoms with Crippen molar-refractivity contribution in [2.75, 3.05) is 13.2 Å². The molecule has 116 valence electrons. The Morgan fingerprint density at radius 1 is 1.29 bits per heavy atom. The summed E-state index contributed by atoms with van der Waals surface area (Å²) in [7, 11) is 0. The lowest BCUT2D eigenvalue weighted by atomic mass is 10.0. The molecule has 0 aliphatic carbocycles. The molecule has 3 N–H and O–H groups in total. The lowest BCUT2D eigenvalue weighted by molar-refractivity contribution is -0.121. The topological polar surface area (TPSA) is 78.4 Å². The molecule has 0 aliphatic heterocycles. The summed E-state index contributed by atoms with van der Waals surface area (Å²) in [6.45, 7) is 5.75. The first kappa shape index (κ1) is 17.2. The number of hydrogen-bond donors (Lipinski definition) is 3. The minimum atomic E-state index is -0.296. The molecular formula is C16H24N2O3. The summed E-state index contributed by atoms with van der Waals surface area (Å²) >= 11 is 0. The maximum absolute atomic E-state index is 11.9. The van der Waals surface area contributed by atoms with Gasteiger partial charge in [0.1, 0.15) is 0 Å². The van der Waals surface area contributed by atoms with Gasteiger partial charge in [0.25, 0.3) is 5.91 Å². The fourth-order valence-corrected chi connectivity index (χ4v) is 2.08. The Morgan fingerprint density at radius 3 is 2.57 bits per heavy atom. The molecule has 0 spiro atoms. The van der Waals surface area contributed by atoms with Crippen molar-refractivity contribution in [2.24, 2.45) is 5.92 Å². The number of nitrogens with one attached hydrogen (secondary N) is 2. The SMILES string of the molecule is Cc1cccc(C(=O)NCC(=O)NC(CO)CC(C)C)c1. The molecule has 0 fully saturated rings. The smallest absolute Gasteiger partial charge is 0.251 e. The van der Waals surface area contributed by atoms with E-state index < -0.39 is 0 Å². The van der Waals surface area contributed by atoms with E-state index in [4.69, 9.17) is 0 Å². The fraction of sp³-hybridized carbons (Fsp3) is 0.500. The molecule has 1 rings (SSSR count). The molecule has 1 aromatic rings. The molecule has 0 aromatic heterocycles. The number of rotatable bonds is 7. The third kappa shape index (κ3) is 6.40. The van der Waals surface area contributed by atoms with Crippen LogP contribution in [0, 0.1) is 12.8 Å². The summed E-state index contributed by atoms with van der Waals surface area (Å²) in [5.41, 5.74) is 1.52. The quantitative estimate of drug-likeness (QED) is 0.707. The average Bonchev–Trinajstić information content (AvgIpc) is 2.43. The maximum atomic E-state index is 11.9. The van der Waals surface area contributed by atoms with Gasteiger partial charge in [-0.2, -0.15) is 0 Å². The van der Waals surface area contributed by atoms with Gasteiger partial charge in [0.05, 0.1) is 19.2 Å². The Bertz CT molecular complexity index is 486. The summed E-state index contributed by atoms with van der Waals surface area (Å²) in [5, 5.41) is 14.5. The highest BCUT2D eigenvalue weighted by atomic mass is 16.3. The summed E-state index contributed by atoms with van der Waals surface area (Å²) in [5.74, 6) is -0.196. The lowest BCUT2D eigenvalue weighted by Gasteiger charge is -2.18. The Morgan fingerprint density at radius 2 is 2.00 bits per heavy atom. The summed E-state index contributed by atoms with van der Waals surface area (Å²) < 4.78 is 0. The van der Waals surface area contributed by atoms with Crippen LogP contribution < -0.4 is 10.6 Å². The molecule has 0 saturated heterocycles. The van der Waals surface area contributed by atoms with Crippen LogP contribution in [-0.2, 0) is 4.79 Å². The minimum Gasteiger partial charge on any atom is -0.394 e. The Hall–Kier alpha value is -1.88. The molecule has 0 radical (unpaired) electrons. The van der Waals surface area contributed by atoms with Crippen LogP contribution >= 0.6 is 0 Å². The zero-order valence-corrected chi connectivity index (χ0v) is 12.8.